The zero-order valence-electron chi connectivity index (χ0n) is 12.0. The number of benzene rings is 1. The maximum atomic E-state index is 13.1. The molecular weight excluding hydrogens is 333 g/mol. The molecule has 1 amide bonds. The molecule has 1 aliphatic rings. The fourth-order valence-electron chi connectivity index (χ4n) is 2.16. The zero-order chi connectivity index (χ0) is 16.3. The van der Waals surface area contributed by atoms with Crippen LogP contribution < -0.4 is 5.32 Å². The number of sulfone groups is 1. The molecule has 1 saturated heterocycles. The van der Waals surface area contributed by atoms with E-state index in [9.17, 15) is 17.6 Å². The molecule has 122 valence electrons. The van der Waals surface area contributed by atoms with Gasteiger partial charge in [0.1, 0.15) is 11.1 Å². The van der Waals surface area contributed by atoms with Gasteiger partial charge in [0.25, 0.3) is 0 Å². The van der Waals surface area contributed by atoms with E-state index in [1.54, 1.807) is 0 Å². The Morgan fingerprint density at radius 2 is 2.27 bits per heavy atom. The summed E-state index contributed by atoms with van der Waals surface area (Å²) in [5.41, 5.74) is 0. The van der Waals surface area contributed by atoms with Gasteiger partial charge in [0.15, 0.2) is 9.84 Å². The van der Waals surface area contributed by atoms with Gasteiger partial charge in [-0.1, -0.05) is 11.6 Å². The number of carbonyl (C=O) groups is 1. The molecule has 5 nitrogen and oxygen atoms in total. The predicted molar refractivity (Wildman–Crippen MR) is 80.0 cm³/mol. The van der Waals surface area contributed by atoms with Crippen molar-refractivity contribution >= 4 is 27.3 Å². The largest absolute Gasteiger partial charge is 0.376 e. The molecule has 0 saturated carbocycles. The molecule has 0 radical (unpaired) electrons. The van der Waals surface area contributed by atoms with Crippen molar-refractivity contribution in [1.29, 1.82) is 0 Å². The highest BCUT2D eigenvalue weighted by Gasteiger charge is 2.30. The van der Waals surface area contributed by atoms with Gasteiger partial charge < -0.3 is 10.1 Å². The molecule has 0 spiro atoms. The maximum Gasteiger partial charge on any atom is 0.238 e. The fraction of sp³-hybridized carbons (Fsp3) is 0.500. The monoisotopic (exact) mass is 349 g/mol. The third-order valence-corrected chi connectivity index (χ3v) is 5.93. The quantitative estimate of drug-likeness (QED) is 0.824. The van der Waals surface area contributed by atoms with Gasteiger partial charge >= 0.3 is 0 Å². The minimum atomic E-state index is -3.93. The molecule has 22 heavy (non-hydrogen) atoms. The minimum absolute atomic E-state index is 0.0703. The number of rotatable bonds is 5. The lowest BCUT2D eigenvalue weighted by Gasteiger charge is -2.15. The van der Waals surface area contributed by atoms with Crippen LogP contribution in [0.2, 0.25) is 5.02 Å². The molecular formula is C14H17ClFNO4S. The fourth-order valence-corrected chi connectivity index (χ4v) is 3.72. The van der Waals surface area contributed by atoms with Crippen molar-refractivity contribution in [3.8, 4) is 0 Å². The topological polar surface area (TPSA) is 72.5 Å². The highest BCUT2D eigenvalue weighted by Crippen LogP contribution is 2.22. The molecule has 1 aromatic rings. The summed E-state index contributed by atoms with van der Waals surface area (Å²) in [5.74, 6) is -1.33. The SMILES string of the molecule is C[C@@H](C(=O)NC[C@H]1CCCO1)S(=O)(=O)c1ccc(F)c(Cl)c1. The van der Waals surface area contributed by atoms with Crippen molar-refractivity contribution in [3.05, 3.63) is 29.0 Å². The van der Waals surface area contributed by atoms with Crippen molar-refractivity contribution < 1.29 is 22.3 Å². The Kier molecular flexibility index (Phi) is 5.41. The summed E-state index contributed by atoms with van der Waals surface area (Å²) in [6.45, 7) is 2.22. The van der Waals surface area contributed by atoms with Crippen LogP contribution in [0.5, 0.6) is 0 Å². The van der Waals surface area contributed by atoms with Gasteiger partial charge in [-0.05, 0) is 38.0 Å². The number of ether oxygens (including phenoxy) is 1. The molecule has 2 atom stereocenters. The third-order valence-electron chi connectivity index (χ3n) is 3.58. The van der Waals surface area contributed by atoms with E-state index in [1.807, 2.05) is 0 Å². The van der Waals surface area contributed by atoms with Gasteiger partial charge in [0.2, 0.25) is 5.91 Å². The predicted octanol–water partition coefficient (Wildman–Crippen LogP) is 1.94. The van der Waals surface area contributed by atoms with E-state index < -0.39 is 26.8 Å². The lowest BCUT2D eigenvalue weighted by molar-refractivity contribution is -0.120. The van der Waals surface area contributed by atoms with E-state index in [2.05, 4.69) is 5.32 Å². The summed E-state index contributed by atoms with van der Waals surface area (Å²) >= 11 is 5.59. The summed E-state index contributed by atoms with van der Waals surface area (Å²) in [6.07, 6.45) is 1.70. The number of hydrogen-bond donors (Lipinski definition) is 1. The first-order valence-electron chi connectivity index (χ1n) is 6.90. The normalized spacial score (nSPS) is 19.9. The molecule has 1 aliphatic heterocycles. The highest BCUT2D eigenvalue weighted by atomic mass is 35.5. The second kappa shape index (κ2) is 6.93. The van der Waals surface area contributed by atoms with Crippen molar-refractivity contribution in [1.82, 2.24) is 5.32 Å². The molecule has 0 aliphatic carbocycles. The molecule has 2 rings (SSSR count). The Balaban J connectivity index is 2.06. The van der Waals surface area contributed by atoms with E-state index in [-0.39, 0.29) is 22.6 Å². The second-order valence-corrected chi connectivity index (χ2v) is 7.82. The zero-order valence-corrected chi connectivity index (χ0v) is 13.6. The van der Waals surface area contributed by atoms with Gasteiger partial charge in [0.05, 0.1) is 16.0 Å². The average Bonchev–Trinajstić information content (AvgIpc) is 3.00. The Morgan fingerprint density at radius 1 is 1.55 bits per heavy atom. The van der Waals surface area contributed by atoms with Crippen LogP contribution in [0.25, 0.3) is 0 Å². The van der Waals surface area contributed by atoms with Gasteiger partial charge in [-0.2, -0.15) is 0 Å². The molecule has 1 N–H and O–H groups in total. The summed E-state index contributed by atoms with van der Waals surface area (Å²) < 4.78 is 43.2. The summed E-state index contributed by atoms with van der Waals surface area (Å²) in [4.78, 5) is 11.8. The Hall–Kier alpha value is -1.18. The maximum absolute atomic E-state index is 13.1. The number of nitrogens with one attached hydrogen (secondary N) is 1. The first kappa shape index (κ1) is 17.2. The van der Waals surface area contributed by atoms with Crippen molar-refractivity contribution in [2.24, 2.45) is 0 Å². The van der Waals surface area contributed by atoms with Gasteiger partial charge in [-0.3, -0.25) is 4.79 Å². The minimum Gasteiger partial charge on any atom is -0.376 e. The van der Waals surface area contributed by atoms with Crippen LogP contribution in [0.15, 0.2) is 23.1 Å². The number of halogens is 2. The van der Waals surface area contributed by atoms with Gasteiger partial charge in [-0.15, -0.1) is 0 Å². The number of carbonyl (C=O) groups excluding carboxylic acids is 1. The second-order valence-electron chi connectivity index (χ2n) is 5.14. The van der Waals surface area contributed by atoms with Gasteiger partial charge in [0, 0.05) is 13.2 Å². The van der Waals surface area contributed by atoms with Crippen molar-refractivity contribution in [3.63, 3.8) is 0 Å². The summed E-state index contributed by atoms with van der Waals surface area (Å²) in [5, 5.41) is 0.982. The third kappa shape index (κ3) is 3.77. The van der Waals surface area contributed by atoms with Crippen LogP contribution in [0.3, 0.4) is 0 Å². The van der Waals surface area contributed by atoms with Crippen LogP contribution in [0.4, 0.5) is 4.39 Å². The Bertz CT molecular complexity index is 659. The van der Waals surface area contributed by atoms with Crippen molar-refractivity contribution in [2.45, 2.75) is 36.0 Å². The van der Waals surface area contributed by atoms with Crippen LogP contribution in [0, 0.1) is 5.82 Å². The molecule has 1 heterocycles. The van der Waals surface area contributed by atoms with Crippen molar-refractivity contribution in [2.75, 3.05) is 13.2 Å². The van der Waals surface area contributed by atoms with Crippen LogP contribution >= 0.6 is 11.6 Å². The number of amides is 1. The van der Waals surface area contributed by atoms with E-state index in [0.29, 0.717) is 6.61 Å². The molecule has 0 aromatic heterocycles. The summed E-state index contributed by atoms with van der Waals surface area (Å²) in [6, 6.07) is 3.07. The molecule has 1 fully saturated rings. The van der Waals surface area contributed by atoms with Crippen LogP contribution in [0.1, 0.15) is 19.8 Å². The van der Waals surface area contributed by atoms with Gasteiger partial charge in [-0.25, -0.2) is 12.8 Å². The Morgan fingerprint density at radius 3 is 2.86 bits per heavy atom. The van der Waals surface area contributed by atoms with E-state index in [4.69, 9.17) is 16.3 Å². The van der Waals surface area contributed by atoms with E-state index >= 15 is 0 Å². The average molecular weight is 350 g/mol. The number of hydrogen-bond acceptors (Lipinski definition) is 4. The molecule has 0 bridgehead atoms. The highest BCUT2D eigenvalue weighted by molar-refractivity contribution is 7.92. The lowest BCUT2D eigenvalue weighted by atomic mass is 10.2. The lowest BCUT2D eigenvalue weighted by Crippen LogP contribution is -2.41. The molecule has 0 unspecified atom stereocenters. The molecule has 8 heteroatoms. The standard InChI is InChI=1S/C14H17ClFNO4S/c1-9(14(18)17-8-10-3-2-6-21-10)22(19,20)11-4-5-13(16)12(15)7-11/h4-5,7,9-10H,2-3,6,8H2,1H3,(H,17,18)/t9-,10+/m0/s1. The first-order valence-corrected chi connectivity index (χ1v) is 8.83. The smallest absolute Gasteiger partial charge is 0.238 e. The van der Waals surface area contributed by atoms with Crippen LogP contribution in [-0.4, -0.2) is 38.8 Å². The molecule has 1 aromatic carbocycles. The first-order chi connectivity index (χ1) is 10.3. The van der Waals surface area contributed by atoms with Crippen LogP contribution in [-0.2, 0) is 19.4 Å². The summed E-state index contributed by atoms with van der Waals surface area (Å²) in [7, 11) is -3.93. The van der Waals surface area contributed by atoms with E-state index in [0.717, 1.165) is 31.0 Å². The van der Waals surface area contributed by atoms with E-state index in [1.165, 1.54) is 6.92 Å². The Labute approximate surface area is 133 Å².